The Bertz CT molecular complexity index is 1040. The van der Waals surface area contributed by atoms with Gasteiger partial charge in [0, 0.05) is 28.4 Å². The predicted molar refractivity (Wildman–Crippen MR) is 103 cm³/mol. The Morgan fingerprint density at radius 2 is 1.46 bits per heavy atom. The van der Waals surface area contributed by atoms with Crippen LogP contribution in [0.3, 0.4) is 0 Å². The number of rotatable bonds is 4. The van der Waals surface area contributed by atoms with Crippen LogP contribution in [0.1, 0.15) is 11.1 Å². The van der Waals surface area contributed by atoms with Gasteiger partial charge in [-0.05, 0) is 23.8 Å². The third-order valence-electron chi connectivity index (χ3n) is 4.53. The van der Waals surface area contributed by atoms with Crippen LogP contribution in [-0.2, 0) is 10.4 Å². The first kappa shape index (κ1) is 16.1. The molecule has 1 amide bonds. The van der Waals surface area contributed by atoms with E-state index in [0.717, 1.165) is 10.9 Å². The minimum atomic E-state index is -1.82. The average Bonchev–Trinajstić information content (AvgIpc) is 3.13. The van der Waals surface area contributed by atoms with E-state index in [9.17, 15) is 9.90 Å². The fraction of sp³-hybridized carbons (Fsp3) is 0.0455. The van der Waals surface area contributed by atoms with E-state index in [2.05, 4.69) is 10.3 Å². The molecule has 128 valence electrons. The molecule has 1 heterocycles. The molecule has 0 unspecified atom stereocenters. The lowest BCUT2D eigenvalue weighted by Crippen LogP contribution is -2.41. The number of nitrogens with one attached hydrogen (secondary N) is 2. The highest BCUT2D eigenvalue weighted by Gasteiger charge is 2.41. The van der Waals surface area contributed by atoms with Crippen LogP contribution in [0.25, 0.3) is 10.9 Å². The van der Waals surface area contributed by atoms with Gasteiger partial charge in [0.1, 0.15) is 0 Å². The number of para-hydroxylation sites is 2. The Labute approximate surface area is 151 Å². The normalized spacial score (nSPS) is 13.3. The van der Waals surface area contributed by atoms with Crippen LogP contribution in [0.5, 0.6) is 0 Å². The van der Waals surface area contributed by atoms with Crippen molar-refractivity contribution < 1.29 is 9.90 Å². The van der Waals surface area contributed by atoms with E-state index < -0.39 is 11.5 Å². The first-order valence-corrected chi connectivity index (χ1v) is 8.40. The second-order valence-electron chi connectivity index (χ2n) is 6.14. The highest BCUT2D eigenvalue weighted by Crippen LogP contribution is 2.35. The number of anilines is 1. The van der Waals surface area contributed by atoms with Crippen molar-refractivity contribution in [1.29, 1.82) is 0 Å². The summed E-state index contributed by atoms with van der Waals surface area (Å²) in [6, 6.07) is 25.7. The Hall–Kier alpha value is -3.37. The number of carbonyl (C=O) groups is 1. The lowest BCUT2D eigenvalue weighted by Gasteiger charge is -2.27. The number of aliphatic hydroxyl groups is 1. The number of fused-ring (bicyclic) bond motifs is 1. The summed E-state index contributed by atoms with van der Waals surface area (Å²) in [6.07, 6.45) is 1.70. The van der Waals surface area contributed by atoms with Crippen molar-refractivity contribution in [1.82, 2.24) is 4.98 Å². The summed E-state index contributed by atoms with van der Waals surface area (Å²) in [5.41, 5.74) is 0.707. The molecule has 1 aromatic heterocycles. The number of aromatic amines is 1. The minimum Gasteiger partial charge on any atom is -0.372 e. The second-order valence-corrected chi connectivity index (χ2v) is 6.14. The van der Waals surface area contributed by atoms with Crippen LogP contribution >= 0.6 is 0 Å². The molecule has 26 heavy (non-hydrogen) atoms. The molecule has 0 bridgehead atoms. The van der Waals surface area contributed by atoms with Crippen LogP contribution in [0.15, 0.2) is 91.1 Å². The molecule has 0 saturated carbocycles. The van der Waals surface area contributed by atoms with Gasteiger partial charge in [-0.25, -0.2) is 0 Å². The summed E-state index contributed by atoms with van der Waals surface area (Å²) in [6.45, 7) is 0. The summed E-state index contributed by atoms with van der Waals surface area (Å²) < 4.78 is 0. The number of hydrogen-bond donors (Lipinski definition) is 3. The van der Waals surface area contributed by atoms with Crippen molar-refractivity contribution in [2.75, 3.05) is 5.32 Å². The fourth-order valence-electron chi connectivity index (χ4n) is 3.20. The smallest absolute Gasteiger partial charge is 0.265 e. The van der Waals surface area contributed by atoms with E-state index in [1.165, 1.54) is 0 Å². The van der Waals surface area contributed by atoms with E-state index in [4.69, 9.17) is 0 Å². The third-order valence-corrected chi connectivity index (χ3v) is 4.53. The van der Waals surface area contributed by atoms with Crippen molar-refractivity contribution in [2.24, 2.45) is 0 Å². The van der Waals surface area contributed by atoms with Crippen LogP contribution in [0.4, 0.5) is 5.69 Å². The van der Waals surface area contributed by atoms with Gasteiger partial charge in [0.05, 0.1) is 0 Å². The Kier molecular flexibility index (Phi) is 4.03. The van der Waals surface area contributed by atoms with Gasteiger partial charge >= 0.3 is 0 Å². The van der Waals surface area contributed by atoms with Gasteiger partial charge < -0.3 is 15.4 Å². The molecule has 0 fully saturated rings. The standard InChI is InChI=1S/C22H18N2O2/c25-21(24-17-11-5-2-6-12-17)22(26,16-9-3-1-4-10-16)19-15-23-20-14-8-7-13-18(19)20/h1-15,23,26H,(H,24,25)/t22-/m1/s1. The number of benzene rings is 3. The predicted octanol–water partition coefficient (Wildman–Crippen LogP) is 4.04. The summed E-state index contributed by atoms with van der Waals surface area (Å²) in [5.74, 6) is -0.500. The SMILES string of the molecule is O=C(Nc1ccccc1)[C@@](O)(c1ccccc1)c1c[nH]c2ccccc12. The average molecular weight is 342 g/mol. The maximum absolute atomic E-state index is 13.2. The van der Waals surface area contributed by atoms with Gasteiger partial charge in [-0.15, -0.1) is 0 Å². The molecule has 3 aromatic carbocycles. The quantitative estimate of drug-likeness (QED) is 0.524. The van der Waals surface area contributed by atoms with Crippen molar-refractivity contribution in [2.45, 2.75) is 5.60 Å². The lowest BCUT2D eigenvalue weighted by molar-refractivity contribution is -0.130. The topological polar surface area (TPSA) is 65.1 Å². The molecule has 4 nitrogen and oxygen atoms in total. The Balaban J connectivity index is 1.86. The van der Waals surface area contributed by atoms with E-state index in [-0.39, 0.29) is 0 Å². The highest BCUT2D eigenvalue weighted by molar-refractivity contribution is 6.03. The van der Waals surface area contributed by atoms with Gasteiger partial charge in [-0.3, -0.25) is 4.79 Å². The summed E-state index contributed by atoms with van der Waals surface area (Å²) in [7, 11) is 0. The number of carbonyl (C=O) groups excluding carboxylic acids is 1. The molecule has 4 heteroatoms. The first-order chi connectivity index (χ1) is 12.7. The molecule has 0 spiro atoms. The van der Waals surface area contributed by atoms with Crippen LogP contribution in [-0.4, -0.2) is 16.0 Å². The molecule has 0 saturated heterocycles. The monoisotopic (exact) mass is 342 g/mol. The van der Waals surface area contributed by atoms with Gasteiger partial charge in [0.15, 0.2) is 5.60 Å². The molecular weight excluding hydrogens is 324 g/mol. The fourth-order valence-corrected chi connectivity index (χ4v) is 3.20. The van der Waals surface area contributed by atoms with Crippen molar-refractivity contribution >= 4 is 22.5 Å². The van der Waals surface area contributed by atoms with Crippen LogP contribution in [0.2, 0.25) is 0 Å². The summed E-state index contributed by atoms with van der Waals surface area (Å²) in [5, 5.41) is 15.3. The van der Waals surface area contributed by atoms with Crippen LogP contribution < -0.4 is 5.32 Å². The molecule has 0 aliphatic rings. The second kappa shape index (κ2) is 6.50. The molecular formula is C22H18N2O2. The minimum absolute atomic E-state index is 0.500. The van der Waals surface area contributed by atoms with Crippen molar-refractivity contribution in [3.05, 3.63) is 102 Å². The summed E-state index contributed by atoms with van der Waals surface area (Å²) in [4.78, 5) is 16.3. The zero-order chi connectivity index (χ0) is 18.0. The zero-order valence-corrected chi connectivity index (χ0v) is 14.0. The number of amides is 1. The lowest BCUT2D eigenvalue weighted by atomic mass is 9.85. The van der Waals surface area contributed by atoms with Gasteiger partial charge in [0.2, 0.25) is 0 Å². The maximum atomic E-state index is 13.2. The van der Waals surface area contributed by atoms with Gasteiger partial charge in [-0.1, -0.05) is 66.7 Å². The molecule has 0 aliphatic carbocycles. The maximum Gasteiger partial charge on any atom is 0.265 e. The van der Waals surface area contributed by atoms with E-state index in [0.29, 0.717) is 16.8 Å². The Morgan fingerprint density at radius 3 is 2.19 bits per heavy atom. The third kappa shape index (κ3) is 2.66. The first-order valence-electron chi connectivity index (χ1n) is 8.40. The zero-order valence-electron chi connectivity index (χ0n) is 14.0. The van der Waals surface area contributed by atoms with E-state index in [1.54, 1.807) is 30.5 Å². The Morgan fingerprint density at radius 1 is 0.846 bits per heavy atom. The highest BCUT2D eigenvalue weighted by atomic mass is 16.3. The number of H-pyrrole nitrogens is 1. The molecule has 4 rings (SSSR count). The molecule has 0 radical (unpaired) electrons. The molecule has 4 aromatic rings. The van der Waals surface area contributed by atoms with E-state index >= 15 is 0 Å². The largest absolute Gasteiger partial charge is 0.372 e. The molecule has 1 atom stereocenters. The number of hydrogen-bond acceptors (Lipinski definition) is 2. The number of aromatic nitrogens is 1. The van der Waals surface area contributed by atoms with Gasteiger partial charge in [0.25, 0.3) is 5.91 Å². The summed E-state index contributed by atoms with van der Waals surface area (Å²) >= 11 is 0. The van der Waals surface area contributed by atoms with E-state index in [1.807, 2.05) is 60.7 Å². The van der Waals surface area contributed by atoms with Crippen LogP contribution in [0, 0.1) is 0 Å². The molecule has 0 aliphatic heterocycles. The van der Waals surface area contributed by atoms with Crippen molar-refractivity contribution in [3.63, 3.8) is 0 Å². The molecule has 3 N–H and O–H groups in total. The van der Waals surface area contributed by atoms with Crippen molar-refractivity contribution in [3.8, 4) is 0 Å². The van der Waals surface area contributed by atoms with Gasteiger partial charge in [-0.2, -0.15) is 0 Å².